The number of hydrogen-bond donors (Lipinski definition) is 1. The first-order chi connectivity index (χ1) is 18.4. The highest BCUT2D eigenvalue weighted by atomic mass is 16.5. The van der Waals surface area contributed by atoms with Crippen molar-refractivity contribution >= 4 is 22.7 Å². The van der Waals surface area contributed by atoms with E-state index in [-0.39, 0.29) is 24.3 Å². The maximum absolute atomic E-state index is 14.2. The van der Waals surface area contributed by atoms with Crippen molar-refractivity contribution in [1.82, 2.24) is 14.8 Å². The second-order valence-electron chi connectivity index (χ2n) is 10.5. The lowest BCUT2D eigenvalue weighted by Crippen LogP contribution is -2.67. The zero-order valence-electron chi connectivity index (χ0n) is 22.2. The molecule has 6 rings (SSSR count). The topological polar surface area (TPSA) is 65.6 Å². The number of benzene rings is 3. The van der Waals surface area contributed by atoms with Gasteiger partial charge in [0.15, 0.2) is 5.54 Å². The fourth-order valence-electron chi connectivity index (χ4n) is 6.20. The molecule has 2 aliphatic heterocycles. The number of H-pyrrole nitrogens is 1. The molecule has 0 saturated carbocycles. The monoisotopic (exact) mass is 507 g/mol. The average Bonchev–Trinajstić information content (AvgIpc) is 3.35. The molecule has 194 valence electrons. The van der Waals surface area contributed by atoms with Crippen LogP contribution in [0.2, 0.25) is 0 Å². The smallest absolute Gasteiger partial charge is 0.254 e. The van der Waals surface area contributed by atoms with Crippen molar-refractivity contribution in [3.63, 3.8) is 0 Å². The van der Waals surface area contributed by atoms with Gasteiger partial charge >= 0.3 is 0 Å². The molecule has 3 aromatic carbocycles. The fraction of sp³-hybridized carbons (Fsp3) is 0.312. The molecule has 0 aliphatic carbocycles. The third kappa shape index (κ3) is 3.78. The Kier molecular flexibility index (Phi) is 5.98. The highest BCUT2D eigenvalue weighted by Crippen LogP contribution is 2.48. The summed E-state index contributed by atoms with van der Waals surface area (Å²) in [6.45, 7) is 5.13. The Morgan fingerprint density at radius 2 is 1.68 bits per heavy atom. The van der Waals surface area contributed by atoms with Gasteiger partial charge in [0.1, 0.15) is 5.75 Å². The summed E-state index contributed by atoms with van der Waals surface area (Å²) in [5, 5.41) is 1.11. The molecule has 0 bridgehead atoms. The van der Waals surface area contributed by atoms with Gasteiger partial charge in [-0.25, -0.2) is 0 Å². The van der Waals surface area contributed by atoms with Gasteiger partial charge in [0.2, 0.25) is 5.91 Å². The van der Waals surface area contributed by atoms with Gasteiger partial charge in [0.25, 0.3) is 5.91 Å². The number of nitrogens with zero attached hydrogens (tertiary/aromatic N) is 2. The van der Waals surface area contributed by atoms with E-state index in [0.29, 0.717) is 19.5 Å². The molecule has 2 aliphatic rings. The van der Waals surface area contributed by atoms with Crippen molar-refractivity contribution in [1.29, 1.82) is 0 Å². The Morgan fingerprint density at radius 3 is 2.39 bits per heavy atom. The van der Waals surface area contributed by atoms with Crippen molar-refractivity contribution in [3.05, 3.63) is 101 Å². The number of amides is 2. The molecule has 2 amide bonds. The maximum Gasteiger partial charge on any atom is 0.254 e. The van der Waals surface area contributed by atoms with Crippen LogP contribution in [0.15, 0.2) is 72.8 Å². The van der Waals surface area contributed by atoms with Crippen LogP contribution in [0.1, 0.15) is 47.7 Å². The van der Waals surface area contributed by atoms with Crippen molar-refractivity contribution in [2.75, 3.05) is 26.7 Å². The standard InChI is InChI=1S/C32H33N3O3/c1-4-21-9-13-23(14-10-21)26-19-35-28(36)20-34(18-17-22-11-15-24(38-3)16-12-22)31(37)32(35,2)30-29(26)25-7-5-6-8-27(25)33-30/h5-16,26,33H,4,17-20H2,1-3H3/t26?,32-/m0/s1. The molecule has 0 radical (unpaired) electrons. The van der Waals surface area contributed by atoms with E-state index in [1.165, 1.54) is 5.56 Å². The van der Waals surface area contributed by atoms with Crippen LogP contribution in [0.3, 0.4) is 0 Å². The molecule has 2 atom stereocenters. The second-order valence-corrected chi connectivity index (χ2v) is 10.5. The predicted octanol–water partition coefficient (Wildman–Crippen LogP) is 5.01. The van der Waals surface area contributed by atoms with Gasteiger partial charge in [-0.1, -0.05) is 61.5 Å². The number of carbonyl (C=O) groups excluding carboxylic acids is 2. The summed E-state index contributed by atoms with van der Waals surface area (Å²) >= 11 is 0. The van der Waals surface area contributed by atoms with E-state index < -0.39 is 5.54 Å². The van der Waals surface area contributed by atoms with Crippen LogP contribution in [0, 0.1) is 0 Å². The Morgan fingerprint density at radius 1 is 0.974 bits per heavy atom. The quantitative estimate of drug-likeness (QED) is 0.399. The highest BCUT2D eigenvalue weighted by molar-refractivity contribution is 6.01. The molecule has 4 aromatic rings. The maximum atomic E-state index is 14.2. The number of ether oxygens (including phenoxy) is 1. The number of aryl methyl sites for hydroxylation is 1. The van der Waals surface area contributed by atoms with Crippen molar-refractivity contribution in [3.8, 4) is 5.75 Å². The van der Waals surface area contributed by atoms with Crippen LogP contribution in [0.25, 0.3) is 10.9 Å². The SMILES string of the molecule is CCc1ccc(C2CN3C(=O)CN(CCc4ccc(OC)cc4)C(=O)[C@]3(C)c3[nH]c4ccccc4c32)cc1. The Balaban J connectivity index is 1.39. The number of rotatable bonds is 6. The largest absolute Gasteiger partial charge is 0.497 e. The second kappa shape index (κ2) is 9.35. The van der Waals surface area contributed by atoms with E-state index in [1.807, 2.05) is 48.2 Å². The number of fused-ring (bicyclic) bond motifs is 5. The molecule has 1 unspecified atom stereocenters. The summed E-state index contributed by atoms with van der Waals surface area (Å²) < 4.78 is 5.26. The van der Waals surface area contributed by atoms with Crippen LogP contribution in [-0.2, 0) is 28.0 Å². The third-order valence-electron chi connectivity index (χ3n) is 8.44. The number of para-hydroxylation sites is 1. The lowest BCUT2D eigenvalue weighted by Gasteiger charge is -2.51. The molecule has 1 aromatic heterocycles. The van der Waals surface area contributed by atoms with E-state index in [0.717, 1.165) is 45.5 Å². The minimum absolute atomic E-state index is 0.0114. The molecule has 6 nitrogen and oxygen atoms in total. The third-order valence-corrected chi connectivity index (χ3v) is 8.44. The molecular weight excluding hydrogens is 474 g/mol. The summed E-state index contributed by atoms with van der Waals surface area (Å²) in [5.74, 6) is 0.746. The zero-order chi connectivity index (χ0) is 26.4. The van der Waals surface area contributed by atoms with E-state index >= 15 is 0 Å². The first-order valence-corrected chi connectivity index (χ1v) is 13.4. The number of carbonyl (C=O) groups is 2. The number of methoxy groups -OCH3 is 1. The van der Waals surface area contributed by atoms with Crippen molar-refractivity contribution in [2.24, 2.45) is 0 Å². The number of aromatic amines is 1. The normalized spacial score (nSPS) is 21.0. The minimum Gasteiger partial charge on any atom is -0.497 e. The minimum atomic E-state index is -1.08. The Hall–Kier alpha value is -4.06. The highest BCUT2D eigenvalue weighted by Gasteiger charge is 2.56. The van der Waals surface area contributed by atoms with Crippen LogP contribution in [0.5, 0.6) is 5.75 Å². The summed E-state index contributed by atoms with van der Waals surface area (Å²) in [6.07, 6.45) is 1.65. The van der Waals surface area contributed by atoms with Gasteiger partial charge in [-0.2, -0.15) is 0 Å². The summed E-state index contributed by atoms with van der Waals surface area (Å²) in [4.78, 5) is 35.0. The summed E-state index contributed by atoms with van der Waals surface area (Å²) in [5.41, 5.74) is 5.42. The zero-order valence-corrected chi connectivity index (χ0v) is 22.2. The van der Waals surface area contributed by atoms with Crippen LogP contribution < -0.4 is 4.74 Å². The molecule has 1 saturated heterocycles. The van der Waals surface area contributed by atoms with Gasteiger partial charge in [0.05, 0.1) is 19.3 Å². The first kappa shape index (κ1) is 24.3. The average molecular weight is 508 g/mol. The summed E-state index contributed by atoms with van der Waals surface area (Å²) in [6, 6.07) is 24.8. The Labute approximate surface area is 223 Å². The molecule has 1 fully saturated rings. The van der Waals surface area contributed by atoms with Crippen LogP contribution >= 0.6 is 0 Å². The van der Waals surface area contributed by atoms with Gasteiger partial charge in [0, 0.05) is 29.9 Å². The lowest BCUT2D eigenvalue weighted by atomic mass is 9.76. The van der Waals surface area contributed by atoms with E-state index in [2.05, 4.69) is 48.3 Å². The molecule has 38 heavy (non-hydrogen) atoms. The van der Waals surface area contributed by atoms with E-state index in [1.54, 1.807) is 12.0 Å². The fourth-order valence-corrected chi connectivity index (χ4v) is 6.20. The molecular formula is C32H33N3O3. The van der Waals surface area contributed by atoms with E-state index in [9.17, 15) is 9.59 Å². The van der Waals surface area contributed by atoms with Crippen LogP contribution in [0.4, 0.5) is 0 Å². The molecule has 1 N–H and O–H groups in total. The summed E-state index contributed by atoms with van der Waals surface area (Å²) in [7, 11) is 1.65. The van der Waals surface area contributed by atoms with Gasteiger partial charge in [-0.15, -0.1) is 0 Å². The van der Waals surface area contributed by atoms with Gasteiger partial charge in [-0.3, -0.25) is 9.59 Å². The first-order valence-electron chi connectivity index (χ1n) is 13.4. The molecule has 6 heteroatoms. The van der Waals surface area contributed by atoms with Gasteiger partial charge in [-0.05, 0) is 60.2 Å². The number of piperazine rings is 1. The van der Waals surface area contributed by atoms with Crippen molar-refractivity contribution in [2.45, 2.75) is 38.1 Å². The van der Waals surface area contributed by atoms with Crippen molar-refractivity contribution < 1.29 is 14.3 Å². The van der Waals surface area contributed by atoms with E-state index in [4.69, 9.17) is 4.74 Å². The molecule has 3 heterocycles. The van der Waals surface area contributed by atoms with Gasteiger partial charge < -0.3 is 19.5 Å². The van der Waals surface area contributed by atoms with Crippen LogP contribution in [-0.4, -0.2) is 53.3 Å². The Bertz CT molecular complexity index is 1510. The molecule has 0 spiro atoms. The predicted molar refractivity (Wildman–Crippen MR) is 148 cm³/mol. The lowest BCUT2D eigenvalue weighted by molar-refractivity contribution is -0.166. The number of hydrogen-bond acceptors (Lipinski definition) is 3. The number of nitrogens with one attached hydrogen (secondary N) is 1. The number of aromatic nitrogens is 1.